The number of aliphatic imine (C=N–C) groups is 1. The highest BCUT2D eigenvalue weighted by molar-refractivity contribution is 7.80. The predicted molar refractivity (Wildman–Crippen MR) is 65.9 cm³/mol. The third kappa shape index (κ3) is 3.40. The SMILES string of the molecule is S=C(N=CN1CCOCC1)N1CCOCC1. The van der Waals surface area contributed by atoms with Crippen LogP contribution in [0.3, 0.4) is 0 Å². The maximum Gasteiger partial charge on any atom is 0.196 e. The van der Waals surface area contributed by atoms with Gasteiger partial charge in [-0.1, -0.05) is 0 Å². The summed E-state index contributed by atoms with van der Waals surface area (Å²) in [6, 6.07) is 0. The highest BCUT2D eigenvalue weighted by Gasteiger charge is 2.13. The van der Waals surface area contributed by atoms with Gasteiger partial charge in [-0.2, -0.15) is 0 Å². The van der Waals surface area contributed by atoms with Crippen LogP contribution in [0, 0.1) is 0 Å². The van der Waals surface area contributed by atoms with Crippen LogP contribution < -0.4 is 0 Å². The van der Waals surface area contributed by atoms with Crippen LogP contribution in [0.2, 0.25) is 0 Å². The standard InChI is InChI=1S/C10H17N3O2S/c16-10(13-3-7-15-8-4-13)11-9-12-1-5-14-6-2-12/h9H,1-8H2. The van der Waals surface area contributed by atoms with Crippen LogP contribution in [0.25, 0.3) is 0 Å². The molecule has 2 aliphatic rings. The molecule has 0 spiro atoms. The van der Waals surface area contributed by atoms with Crippen molar-refractivity contribution in [1.82, 2.24) is 9.80 Å². The Morgan fingerprint density at radius 1 is 1.00 bits per heavy atom. The van der Waals surface area contributed by atoms with Crippen LogP contribution in [-0.4, -0.2) is 73.9 Å². The molecule has 2 rings (SSSR count). The van der Waals surface area contributed by atoms with Crippen LogP contribution in [0.5, 0.6) is 0 Å². The zero-order valence-corrected chi connectivity index (χ0v) is 10.1. The van der Waals surface area contributed by atoms with E-state index < -0.39 is 0 Å². The highest BCUT2D eigenvalue weighted by Crippen LogP contribution is 2.00. The third-order valence-corrected chi connectivity index (χ3v) is 3.02. The molecule has 90 valence electrons. The topological polar surface area (TPSA) is 37.3 Å². The largest absolute Gasteiger partial charge is 0.378 e. The molecule has 5 nitrogen and oxygen atoms in total. The summed E-state index contributed by atoms with van der Waals surface area (Å²) in [5.41, 5.74) is 0. The van der Waals surface area contributed by atoms with Crippen molar-refractivity contribution in [3.8, 4) is 0 Å². The molecular weight excluding hydrogens is 226 g/mol. The molecule has 0 bridgehead atoms. The number of hydrogen-bond donors (Lipinski definition) is 0. The average molecular weight is 243 g/mol. The number of thiocarbonyl (C=S) groups is 1. The van der Waals surface area contributed by atoms with Crippen LogP contribution in [0.15, 0.2) is 4.99 Å². The lowest BCUT2D eigenvalue weighted by Crippen LogP contribution is -2.40. The van der Waals surface area contributed by atoms with Gasteiger partial charge in [-0.25, -0.2) is 4.99 Å². The Labute approximate surface area is 101 Å². The van der Waals surface area contributed by atoms with Gasteiger partial charge in [0.25, 0.3) is 0 Å². The fraction of sp³-hybridized carbons (Fsp3) is 0.800. The zero-order valence-electron chi connectivity index (χ0n) is 9.30. The Bertz CT molecular complexity index is 261. The molecule has 0 unspecified atom stereocenters. The number of nitrogens with zero attached hydrogens (tertiary/aromatic N) is 3. The van der Waals surface area contributed by atoms with E-state index in [-0.39, 0.29) is 0 Å². The van der Waals surface area contributed by atoms with E-state index in [0.717, 1.165) is 52.6 Å². The Balaban J connectivity index is 1.78. The molecule has 0 aromatic rings. The van der Waals surface area contributed by atoms with Gasteiger partial charge in [0.05, 0.1) is 32.8 Å². The molecular formula is C10H17N3O2S. The van der Waals surface area contributed by atoms with Crippen molar-refractivity contribution in [2.75, 3.05) is 52.6 Å². The molecule has 0 amide bonds. The van der Waals surface area contributed by atoms with Crippen LogP contribution in [-0.2, 0) is 9.47 Å². The molecule has 6 heteroatoms. The lowest BCUT2D eigenvalue weighted by Gasteiger charge is -2.28. The van der Waals surface area contributed by atoms with E-state index in [4.69, 9.17) is 21.7 Å². The van der Waals surface area contributed by atoms with Crippen LogP contribution in [0.1, 0.15) is 0 Å². The maximum atomic E-state index is 5.26. The predicted octanol–water partition coefficient (Wildman–Crippen LogP) is -0.0360. The first-order valence-corrected chi connectivity index (χ1v) is 6.00. The first-order valence-electron chi connectivity index (χ1n) is 5.59. The summed E-state index contributed by atoms with van der Waals surface area (Å²) in [4.78, 5) is 8.53. The summed E-state index contributed by atoms with van der Waals surface area (Å²) in [6.45, 7) is 6.52. The van der Waals surface area contributed by atoms with Crippen LogP contribution >= 0.6 is 12.2 Å². The Morgan fingerprint density at radius 2 is 1.56 bits per heavy atom. The van der Waals surface area contributed by atoms with Crippen molar-refractivity contribution < 1.29 is 9.47 Å². The summed E-state index contributed by atoms with van der Waals surface area (Å²) in [6.07, 6.45) is 1.83. The molecule has 0 saturated carbocycles. The van der Waals surface area contributed by atoms with E-state index in [0.29, 0.717) is 5.11 Å². The van der Waals surface area contributed by atoms with Crippen molar-refractivity contribution in [2.45, 2.75) is 0 Å². The maximum absolute atomic E-state index is 5.26. The molecule has 2 aliphatic heterocycles. The molecule has 0 atom stereocenters. The Hall–Kier alpha value is -0.720. The number of ether oxygens (including phenoxy) is 2. The fourth-order valence-electron chi connectivity index (χ4n) is 1.66. The first-order chi connectivity index (χ1) is 7.86. The summed E-state index contributed by atoms with van der Waals surface area (Å²) < 4.78 is 10.5. The third-order valence-electron chi connectivity index (χ3n) is 2.66. The van der Waals surface area contributed by atoms with E-state index in [1.807, 2.05) is 6.34 Å². The average Bonchev–Trinajstić information content (AvgIpc) is 2.38. The summed E-state index contributed by atoms with van der Waals surface area (Å²) in [5.74, 6) is 0. The van der Waals surface area contributed by atoms with Gasteiger partial charge in [0.1, 0.15) is 0 Å². The fourth-order valence-corrected chi connectivity index (χ4v) is 1.89. The molecule has 16 heavy (non-hydrogen) atoms. The van der Waals surface area contributed by atoms with Crippen LogP contribution in [0.4, 0.5) is 0 Å². The molecule has 2 saturated heterocycles. The zero-order chi connectivity index (χ0) is 11.2. The highest BCUT2D eigenvalue weighted by atomic mass is 32.1. The molecule has 0 aromatic heterocycles. The van der Waals surface area contributed by atoms with Crippen molar-refractivity contribution >= 4 is 23.7 Å². The van der Waals surface area contributed by atoms with Gasteiger partial charge in [0.15, 0.2) is 5.11 Å². The molecule has 0 aliphatic carbocycles. The number of rotatable bonds is 1. The smallest absolute Gasteiger partial charge is 0.196 e. The van der Waals surface area contributed by atoms with Crippen molar-refractivity contribution in [1.29, 1.82) is 0 Å². The van der Waals surface area contributed by atoms with Gasteiger partial charge in [0.2, 0.25) is 0 Å². The first kappa shape index (κ1) is 11.8. The molecule has 2 fully saturated rings. The molecule has 0 N–H and O–H groups in total. The van der Waals surface area contributed by atoms with Gasteiger partial charge < -0.3 is 19.3 Å². The minimum Gasteiger partial charge on any atom is -0.378 e. The van der Waals surface area contributed by atoms with Gasteiger partial charge in [-0.3, -0.25) is 0 Å². The number of morpholine rings is 2. The Kier molecular flexibility index (Phi) is 4.50. The monoisotopic (exact) mass is 243 g/mol. The molecule has 0 radical (unpaired) electrons. The molecule has 0 aromatic carbocycles. The minimum absolute atomic E-state index is 0.662. The Morgan fingerprint density at radius 3 is 2.19 bits per heavy atom. The lowest BCUT2D eigenvalue weighted by molar-refractivity contribution is 0.0677. The molecule has 2 heterocycles. The minimum atomic E-state index is 0.662. The van der Waals surface area contributed by atoms with Crippen molar-refractivity contribution in [3.05, 3.63) is 0 Å². The van der Waals surface area contributed by atoms with Gasteiger partial charge in [-0.05, 0) is 12.2 Å². The van der Waals surface area contributed by atoms with E-state index >= 15 is 0 Å². The normalized spacial score (nSPS) is 22.8. The van der Waals surface area contributed by atoms with Gasteiger partial charge >= 0.3 is 0 Å². The van der Waals surface area contributed by atoms with E-state index in [2.05, 4.69) is 14.8 Å². The summed E-state index contributed by atoms with van der Waals surface area (Å²) in [7, 11) is 0. The van der Waals surface area contributed by atoms with Crippen molar-refractivity contribution in [2.24, 2.45) is 4.99 Å². The second-order valence-corrected chi connectivity index (χ2v) is 4.14. The quantitative estimate of drug-likeness (QED) is 0.367. The summed E-state index contributed by atoms with van der Waals surface area (Å²) >= 11 is 5.26. The van der Waals surface area contributed by atoms with E-state index in [9.17, 15) is 0 Å². The number of hydrogen-bond acceptors (Lipinski definition) is 3. The van der Waals surface area contributed by atoms with Gasteiger partial charge in [0, 0.05) is 26.2 Å². The van der Waals surface area contributed by atoms with Crippen molar-refractivity contribution in [3.63, 3.8) is 0 Å². The summed E-state index contributed by atoms with van der Waals surface area (Å²) in [5, 5.41) is 0.662. The second kappa shape index (κ2) is 6.12. The lowest BCUT2D eigenvalue weighted by atomic mass is 10.4. The van der Waals surface area contributed by atoms with E-state index in [1.54, 1.807) is 0 Å². The second-order valence-electron chi connectivity index (χ2n) is 3.77. The van der Waals surface area contributed by atoms with E-state index in [1.165, 1.54) is 0 Å². The van der Waals surface area contributed by atoms with Gasteiger partial charge in [-0.15, -0.1) is 0 Å².